The Kier molecular flexibility index (Phi) is 5.15. The van der Waals surface area contributed by atoms with Crippen LogP contribution in [-0.4, -0.2) is 49.3 Å². The van der Waals surface area contributed by atoms with Crippen LogP contribution in [0.5, 0.6) is 0 Å². The highest BCUT2D eigenvalue weighted by molar-refractivity contribution is 5.87. The number of halogens is 3. The number of hydrogen-bond acceptors (Lipinski definition) is 6. The highest BCUT2D eigenvalue weighted by Crippen LogP contribution is 2.34. The highest BCUT2D eigenvalue weighted by Gasteiger charge is 2.30. The van der Waals surface area contributed by atoms with Gasteiger partial charge in [0.2, 0.25) is 0 Å². The molecule has 11 heteroatoms. The molecule has 4 rings (SSSR count). The molecule has 0 aromatic carbocycles. The van der Waals surface area contributed by atoms with Gasteiger partial charge in [-0.2, -0.15) is 23.4 Å². The molecular weight excluding hydrogens is 387 g/mol. The van der Waals surface area contributed by atoms with Crippen LogP contribution in [0, 0.1) is 6.92 Å². The van der Waals surface area contributed by atoms with Gasteiger partial charge < -0.3 is 10.1 Å². The molecule has 1 aliphatic carbocycles. The lowest BCUT2D eigenvalue weighted by molar-refractivity contribution is -0.142. The molecule has 0 atom stereocenters. The third-order valence-corrected chi connectivity index (χ3v) is 5.11. The molecule has 0 saturated heterocycles. The van der Waals surface area contributed by atoms with Gasteiger partial charge in [0.15, 0.2) is 11.5 Å². The van der Waals surface area contributed by atoms with E-state index < -0.39 is 12.7 Å². The standard InChI is InChI=1S/C18H22F3N7O/c1-10-7-14(26-25-10)22-16-13-8-28(9-18(19,20)21)27-17(13)24-15(23-16)11-3-5-12(29-2)6-4-11/h7-8,11-12H,3-6,9H2,1-2H3,(H2,22,23,24,25,26,27)/t11-,12+. The number of aromatic amines is 1. The van der Waals surface area contributed by atoms with Gasteiger partial charge in [0.05, 0.1) is 11.5 Å². The zero-order chi connectivity index (χ0) is 20.6. The Hall–Kier alpha value is -2.69. The van der Waals surface area contributed by atoms with Gasteiger partial charge in [-0.05, 0) is 32.6 Å². The van der Waals surface area contributed by atoms with Crippen molar-refractivity contribution in [2.75, 3.05) is 12.4 Å². The Bertz CT molecular complexity index is 989. The number of alkyl halides is 3. The second-order valence-electron chi connectivity index (χ2n) is 7.38. The summed E-state index contributed by atoms with van der Waals surface area (Å²) in [5.41, 5.74) is 1.09. The summed E-state index contributed by atoms with van der Waals surface area (Å²) in [6.45, 7) is 0.674. The average Bonchev–Trinajstić information content (AvgIpc) is 3.25. The second kappa shape index (κ2) is 7.62. The molecule has 3 aromatic rings. The van der Waals surface area contributed by atoms with Gasteiger partial charge in [-0.15, -0.1) is 0 Å². The van der Waals surface area contributed by atoms with E-state index >= 15 is 0 Å². The van der Waals surface area contributed by atoms with Crippen LogP contribution >= 0.6 is 0 Å². The Morgan fingerprint density at radius 3 is 2.62 bits per heavy atom. The minimum atomic E-state index is -4.37. The summed E-state index contributed by atoms with van der Waals surface area (Å²) in [6.07, 6.45) is 0.673. The molecule has 156 valence electrons. The molecule has 8 nitrogen and oxygen atoms in total. The number of ether oxygens (including phenoxy) is 1. The van der Waals surface area contributed by atoms with E-state index in [0.717, 1.165) is 36.1 Å². The predicted octanol–water partition coefficient (Wildman–Crippen LogP) is 3.84. The van der Waals surface area contributed by atoms with E-state index in [1.165, 1.54) is 6.20 Å². The third kappa shape index (κ3) is 4.50. The van der Waals surface area contributed by atoms with Gasteiger partial charge in [-0.3, -0.25) is 9.78 Å². The summed E-state index contributed by atoms with van der Waals surface area (Å²) in [4.78, 5) is 9.13. The van der Waals surface area contributed by atoms with Crippen molar-refractivity contribution < 1.29 is 17.9 Å². The van der Waals surface area contributed by atoms with Crippen molar-refractivity contribution in [3.8, 4) is 0 Å². The number of aromatic nitrogens is 6. The van der Waals surface area contributed by atoms with Crippen molar-refractivity contribution in [2.24, 2.45) is 0 Å². The third-order valence-electron chi connectivity index (χ3n) is 5.11. The van der Waals surface area contributed by atoms with Crippen molar-refractivity contribution in [3.05, 3.63) is 23.8 Å². The van der Waals surface area contributed by atoms with E-state index in [2.05, 4.69) is 30.6 Å². The fraction of sp³-hybridized carbons (Fsp3) is 0.556. The first-order chi connectivity index (χ1) is 13.8. The number of fused-ring (bicyclic) bond motifs is 1. The maximum Gasteiger partial charge on any atom is 0.408 e. The van der Waals surface area contributed by atoms with Crippen LogP contribution in [0.2, 0.25) is 0 Å². The quantitative estimate of drug-likeness (QED) is 0.665. The Morgan fingerprint density at radius 2 is 2.00 bits per heavy atom. The lowest BCUT2D eigenvalue weighted by Crippen LogP contribution is -2.20. The van der Waals surface area contributed by atoms with Crippen molar-refractivity contribution >= 4 is 22.7 Å². The molecular formula is C18H22F3N7O. The number of hydrogen-bond donors (Lipinski definition) is 2. The molecule has 0 amide bonds. The number of nitrogens with one attached hydrogen (secondary N) is 2. The average molecular weight is 409 g/mol. The van der Waals surface area contributed by atoms with Crippen LogP contribution in [0.25, 0.3) is 11.0 Å². The number of aryl methyl sites for hydroxylation is 1. The smallest absolute Gasteiger partial charge is 0.381 e. The molecule has 1 saturated carbocycles. The Morgan fingerprint density at radius 1 is 1.24 bits per heavy atom. The van der Waals surface area contributed by atoms with Crippen LogP contribution in [0.3, 0.4) is 0 Å². The second-order valence-corrected chi connectivity index (χ2v) is 7.38. The number of H-pyrrole nitrogens is 1. The molecule has 0 radical (unpaired) electrons. The van der Waals surface area contributed by atoms with Crippen molar-refractivity contribution in [1.29, 1.82) is 0 Å². The molecule has 1 fully saturated rings. The van der Waals surface area contributed by atoms with Gasteiger partial charge in [0.25, 0.3) is 0 Å². The van der Waals surface area contributed by atoms with Crippen LogP contribution in [0.1, 0.15) is 43.1 Å². The fourth-order valence-electron chi connectivity index (χ4n) is 3.67. The van der Waals surface area contributed by atoms with Crippen LogP contribution in [-0.2, 0) is 11.3 Å². The van der Waals surface area contributed by atoms with Crippen molar-refractivity contribution in [1.82, 2.24) is 29.9 Å². The monoisotopic (exact) mass is 409 g/mol. The van der Waals surface area contributed by atoms with Crippen LogP contribution in [0.15, 0.2) is 12.3 Å². The Labute approximate surface area is 164 Å². The maximum atomic E-state index is 12.8. The zero-order valence-electron chi connectivity index (χ0n) is 16.1. The van der Waals surface area contributed by atoms with Gasteiger partial charge in [0.1, 0.15) is 18.2 Å². The molecule has 1 aliphatic rings. The summed E-state index contributed by atoms with van der Waals surface area (Å²) < 4.78 is 44.7. The summed E-state index contributed by atoms with van der Waals surface area (Å²) in [5, 5.41) is 14.5. The minimum Gasteiger partial charge on any atom is -0.381 e. The van der Waals surface area contributed by atoms with Gasteiger partial charge in [0, 0.05) is 31.0 Å². The summed E-state index contributed by atoms with van der Waals surface area (Å²) in [5.74, 6) is 1.62. The number of nitrogens with zero attached hydrogens (tertiary/aromatic N) is 5. The van der Waals surface area contributed by atoms with Gasteiger partial charge in [-0.25, -0.2) is 9.97 Å². The number of anilines is 2. The molecule has 29 heavy (non-hydrogen) atoms. The minimum absolute atomic E-state index is 0.111. The lowest BCUT2D eigenvalue weighted by Gasteiger charge is -2.26. The Balaban J connectivity index is 1.70. The normalized spacial score (nSPS) is 20.3. The van der Waals surface area contributed by atoms with E-state index in [1.807, 2.05) is 6.92 Å². The maximum absolute atomic E-state index is 12.8. The summed E-state index contributed by atoms with van der Waals surface area (Å²) in [6, 6.07) is 1.79. The topological polar surface area (TPSA) is 93.5 Å². The van der Waals surface area contributed by atoms with E-state index in [-0.39, 0.29) is 17.7 Å². The predicted molar refractivity (Wildman–Crippen MR) is 100.0 cm³/mol. The highest BCUT2D eigenvalue weighted by atomic mass is 19.4. The molecule has 0 aliphatic heterocycles. The van der Waals surface area contributed by atoms with Crippen molar-refractivity contribution in [3.63, 3.8) is 0 Å². The first-order valence-corrected chi connectivity index (χ1v) is 9.44. The van der Waals surface area contributed by atoms with Crippen LogP contribution in [0.4, 0.5) is 24.8 Å². The fourth-order valence-corrected chi connectivity index (χ4v) is 3.67. The molecule has 3 aromatic heterocycles. The van der Waals surface area contributed by atoms with E-state index in [1.54, 1.807) is 13.2 Å². The molecule has 3 heterocycles. The zero-order valence-corrected chi connectivity index (χ0v) is 16.1. The first-order valence-electron chi connectivity index (χ1n) is 9.44. The lowest BCUT2D eigenvalue weighted by atomic mass is 9.87. The van der Waals surface area contributed by atoms with Crippen LogP contribution < -0.4 is 5.32 Å². The summed E-state index contributed by atoms with van der Waals surface area (Å²) in [7, 11) is 1.70. The van der Waals surface area contributed by atoms with Crippen molar-refractivity contribution in [2.45, 2.75) is 57.3 Å². The van der Waals surface area contributed by atoms with Gasteiger partial charge in [-0.1, -0.05) is 0 Å². The number of methoxy groups -OCH3 is 1. The largest absolute Gasteiger partial charge is 0.408 e. The molecule has 0 spiro atoms. The first kappa shape index (κ1) is 19.6. The summed E-state index contributed by atoms with van der Waals surface area (Å²) >= 11 is 0. The molecule has 0 unspecified atom stereocenters. The van der Waals surface area contributed by atoms with E-state index in [4.69, 9.17) is 4.74 Å². The molecule has 0 bridgehead atoms. The molecule has 2 N–H and O–H groups in total. The van der Waals surface area contributed by atoms with E-state index in [9.17, 15) is 13.2 Å². The number of rotatable bonds is 5. The SMILES string of the molecule is CO[C@H]1CC[C@@H](c2nc(Nc3cc(C)[nH]n3)c3cn(CC(F)(F)F)nc3n2)CC1. The van der Waals surface area contributed by atoms with Gasteiger partial charge >= 0.3 is 6.18 Å². The van der Waals surface area contributed by atoms with E-state index in [0.29, 0.717) is 22.8 Å².